The number of hydrogen-bond donors (Lipinski definition) is 2. The summed E-state index contributed by atoms with van der Waals surface area (Å²) in [5, 5.41) is 18.0. The summed E-state index contributed by atoms with van der Waals surface area (Å²) in [7, 11) is -3.87. The van der Waals surface area contributed by atoms with Gasteiger partial charge in [0.15, 0.2) is 10.9 Å². The fourth-order valence-corrected chi connectivity index (χ4v) is 8.33. The van der Waals surface area contributed by atoms with Gasteiger partial charge in [0.05, 0.1) is 22.0 Å². The topological polar surface area (TPSA) is 126 Å². The fourth-order valence-electron chi connectivity index (χ4n) is 5.86. The Morgan fingerprint density at radius 2 is 1.89 bits per heavy atom. The maximum atomic E-state index is 13.9. The lowest BCUT2D eigenvalue weighted by Crippen LogP contribution is -2.35. The van der Waals surface area contributed by atoms with E-state index in [0.29, 0.717) is 30.0 Å². The quantitative estimate of drug-likeness (QED) is 0.130. The normalized spacial score (nSPS) is 15.5. The van der Waals surface area contributed by atoms with E-state index in [-0.39, 0.29) is 24.0 Å². The summed E-state index contributed by atoms with van der Waals surface area (Å²) in [6, 6.07) is 15.9. The molecule has 0 bridgehead atoms. The van der Waals surface area contributed by atoms with Gasteiger partial charge in [0.25, 0.3) is 10.0 Å². The minimum atomic E-state index is -3.87. The van der Waals surface area contributed by atoms with Crippen molar-refractivity contribution in [3.05, 3.63) is 82.7 Å². The van der Waals surface area contributed by atoms with E-state index in [1.807, 2.05) is 31.2 Å². The highest BCUT2D eigenvalue weighted by atomic mass is 32.2. The number of aliphatic hydroxyl groups excluding tert-OH is 1. The first-order valence-corrected chi connectivity index (χ1v) is 17.9. The third-order valence-electron chi connectivity index (χ3n) is 8.10. The van der Waals surface area contributed by atoms with Gasteiger partial charge in [-0.15, -0.1) is 11.3 Å². The second-order valence-corrected chi connectivity index (χ2v) is 14.2. The summed E-state index contributed by atoms with van der Waals surface area (Å²) in [4.78, 5) is 7.38. The SMILES string of the molecule is CCCCCCCCc1csc(N2c3ccc(S(=O)(=O)N(CCN)c4ccccc4)cc3CC2CC(O)c2cc(C)no2)n1. The number of sulfonamides is 1. The molecule has 11 heteroatoms. The Balaban J connectivity index is 1.42. The Morgan fingerprint density at radius 3 is 2.61 bits per heavy atom. The van der Waals surface area contributed by atoms with Crippen LogP contribution >= 0.6 is 11.3 Å². The second-order valence-electron chi connectivity index (χ2n) is 11.5. The standard InChI is InChI=1S/C33H43N5O4S2/c1-3-4-5-6-7-9-12-26-23-43-33(35-26)38-28(22-31(39)32-19-24(2)36-42-32)20-25-21-29(15-16-30(25)38)44(40,41)37(18-17-34)27-13-10-8-11-14-27/h8,10-11,13-16,19,21,23,28,31,39H,3-7,9,12,17-18,20,22,34H2,1-2H3. The van der Waals surface area contributed by atoms with E-state index in [2.05, 4.69) is 22.4 Å². The molecule has 0 aliphatic carbocycles. The number of hydrogen-bond acceptors (Lipinski definition) is 9. The number of aryl methyl sites for hydroxylation is 2. The van der Waals surface area contributed by atoms with Gasteiger partial charge in [-0.3, -0.25) is 4.31 Å². The monoisotopic (exact) mass is 637 g/mol. The van der Waals surface area contributed by atoms with Gasteiger partial charge in [-0.1, -0.05) is 62.4 Å². The first-order chi connectivity index (χ1) is 21.3. The number of nitrogens with zero attached hydrogens (tertiary/aromatic N) is 4. The lowest BCUT2D eigenvalue weighted by atomic mass is 10.0. The van der Waals surface area contributed by atoms with Crippen molar-refractivity contribution >= 4 is 37.9 Å². The third kappa shape index (κ3) is 7.34. The minimum Gasteiger partial charge on any atom is -0.385 e. The van der Waals surface area contributed by atoms with Gasteiger partial charge in [0.1, 0.15) is 6.10 Å². The molecule has 0 radical (unpaired) electrons. The number of fused-ring (bicyclic) bond motifs is 1. The molecule has 2 unspecified atom stereocenters. The van der Waals surface area contributed by atoms with Gasteiger partial charge in [0.2, 0.25) is 0 Å². The van der Waals surface area contributed by atoms with Crippen molar-refractivity contribution in [2.24, 2.45) is 5.73 Å². The number of anilines is 3. The highest BCUT2D eigenvalue weighted by Gasteiger charge is 2.36. The molecule has 236 valence electrons. The van der Waals surface area contributed by atoms with Gasteiger partial charge in [0, 0.05) is 42.7 Å². The van der Waals surface area contributed by atoms with E-state index in [4.69, 9.17) is 15.2 Å². The zero-order valence-corrected chi connectivity index (χ0v) is 27.2. The van der Waals surface area contributed by atoms with E-state index in [9.17, 15) is 13.5 Å². The van der Waals surface area contributed by atoms with E-state index in [0.717, 1.165) is 34.9 Å². The predicted octanol–water partition coefficient (Wildman–Crippen LogP) is 6.68. The van der Waals surface area contributed by atoms with Crippen molar-refractivity contribution in [1.29, 1.82) is 0 Å². The van der Waals surface area contributed by atoms with E-state index in [1.165, 1.54) is 36.4 Å². The van der Waals surface area contributed by atoms with Crippen molar-refractivity contribution < 1.29 is 18.0 Å². The Labute approximate surface area is 264 Å². The molecule has 1 aliphatic rings. The molecule has 0 saturated heterocycles. The van der Waals surface area contributed by atoms with Crippen LogP contribution in [0.3, 0.4) is 0 Å². The number of thiazole rings is 1. The number of nitrogens with two attached hydrogens (primary N) is 1. The van der Waals surface area contributed by atoms with Crippen LogP contribution in [0.15, 0.2) is 69.4 Å². The van der Waals surface area contributed by atoms with Gasteiger partial charge in [-0.05, 0) is 62.1 Å². The number of aromatic nitrogens is 2. The molecule has 5 rings (SSSR count). The molecule has 0 spiro atoms. The molecule has 3 heterocycles. The summed E-state index contributed by atoms with van der Waals surface area (Å²) < 4.78 is 34.5. The molecular weight excluding hydrogens is 595 g/mol. The third-order valence-corrected chi connectivity index (χ3v) is 10.8. The fraction of sp³-hybridized carbons (Fsp3) is 0.455. The molecular formula is C33H43N5O4S2. The van der Waals surface area contributed by atoms with Crippen molar-refractivity contribution in [2.45, 2.75) is 88.7 Å². The molecule has 0 fully saturated rings. The summed E-state index contributed by atoms with van der Waals surface area (Å²) in [5.41, 5.74) is 9.98. The van der Waals surface area contributed by atoms with Gasteiger partial charge >= 0.3 is 0 Å². The molecule has 44 heavy (non-hydrogen) atoms. The minimum absolute atomic E-state index is 0.148. The van der Waals surface area contributed by atoms with Gasteiger partial charge in [-0.25, -0.2) is 13.4 Å². The number of para-hydroxylation sites is 1. The number of rotatable bonds is 16. The Bertz CT molecular complexity index is 1610. The van der Waals surface area contributed by atoms with Gasteiger partial charge < -0.3 is 20.3 Å². The van der Waals surface area contributed by atoms with E-state index >= 15 is 0 Å². The Hall–Kier alpha value is -3.25. The smallest absolute Gasteiger partial charge is 0.264 e. The highest BCUT2D eigenvalue weighted by molar-refractivity contribution is 7.92. The van der Waals surface area contributed by atoms with Crippen molar-refractivity contribution in [3.63, 3.8) is 0 Å². The molecule has 2 atom stereocenters. The number of benzene rings is 2. The molecule has 0 amide bonds. The lowest BCUT2D eigenvalue weighted by Gasteiger charge is -2.26. The van der Waals surface area contributed by atoms with E-state index < -0.39 is 16.1 Å². The molecule has 0 saturated carbocycles. The van der Waals surface area contributed by atoms with Gasteiger partial charge in [-0.2, -0.15) is 0 Å². The molecule has 1 aliphatic heterocycles. The number of unbranched alkanes of at least 4 members (excludes halogenated alkanes) is 5. The summed E-state index contributed by atoms with van der Waals surface area (Å²) in [6.07, 6.45) is 8.38. The van der Waals surface area contributed by atoms with Crippen LogP contribution in [-0.4, -0.2) is 42.8 Å². The predicted molar refractivity (Wildman–Crippen MR) is 176 cm³/mol. The highest BCUT2D eigenvalue weighted by Crippen LogP contribution is 2.43. The average molecular weight is 638 g/mol. The molecule has 2 aromatic heterocycles. The molecule has 2 aromatic carbocycles. The maximum Gasteiger partial charge on any atom is 0.264 e. The zero-order valence-electron chi connectivity index (χ0n) is 25.6. The first-order valence-electron chi connectivity index (χ1n) is 15.6. The van der Waals surface area contributed by atoms with Crippen molar-refractivity contribution in [2.75, 3.05) is 22.3 Å². The molecule has 9 nitrogen and oxygen atoms in total. The van der Waals surface area contributed by atoms with Crippen LogP contribution in [0, 0.1) is 6.92 Å². The Morgan fingerprint density at radius 1 is 1.11 bits per heavy atom. The summed E-state index contributed by atoms with van der Waals surface area (Å²) in [6.45, 7) is 4.41. The van der Waals surface area contributed by atoms with Crippen LogP contribution in [0.4, 0.5) is 16.5 Å². The van der Waals surface area contributed by atoms with Crippen LogP contribution in [0.5, 0.6) is 0 Å². The van der Waals surface area contributed by atoms with Crippen LogP contribution in [0.25, 0.3) is 0 Å². The largest absolute Gasteiger partial charge is 0.385 e. The summed E-state index contributed by atoms with van der Waals surface area (Å²) in [5.74, 6) is 0.421. The molecule has 3 N–H and O–H groups in total. The van der Waals surface area contributed by atoms with Crippen LogP contribution in [-0.2, 0) is 22.9 Å². The Kier molecular flexibility index (Phi) is 10.7. The average Bonchev–Trinajstić information content (AvgIpc) is 3.76. The summed E-state index contributed by atoms with van der Waals surface area (Å²) >= 11 is 1.59. The number of aliphatic hydroxyl groups is 1. The van der Waals surface area contributed by atoms with Crippen molar-refractivity contribution in [3.8, 4) is 0 Å². The maximum absolute atomic E-state index is 13.9. The van der Waals surface area contributed by atoms with Crippen LogP contribution < -0.4 is 14.9 Å². The van der Waals surface area contributed by atoms with Crippen molar-refractivity contribution in [1.82, 2.24) is 10.1 Å². The first kappa shape index (κ1) is 32.2. The van der Waals surface area contributed by atoms with Crippen LogP contribution in [0.2, 0.25) is 0 Å². The lowest BCUT2D eigenvalue weighted by molar-refractivity contribution is 0.123. The zero-order chi connectivity index (χ0) is 31.1. The molecule has 4 aromatic rings. The van der Waals surface area contributed by atoms with E-state index in [1.54, 1.807) is 41.7 Å². The second kappa shape index (κ2) is 14.7. The van der Waals surface area contributed by atoms with Crippen LogP contribution in [0.1, 0.15) is 80.7 Å².